The molecular weight excluding hydrogens is 232 g/mol. The minimum absolute atomic E-state index is 0.206. The highest BCUT2D eigenvalue weighted by Gasteiger charge is 2.03. The van der Waals surface area contributed by atoms with Gasteiger partial charge in [-0.1, -0.05) is 40.2 Å². The van der Waals surface area contributed by atoms with Crippen molar-refractivity contribution in [3.05, 3.63) is 24.3 Å². The van der Waals surface area contributed by atoms with Gasteiger partial charge in [0.15, 0.2) is 0 Å². The maximum Gasteiger partial charge on any atom is 0.316 e. The van der Waals surface area contributed by atoms with E-state index in [-0.39, 0.29) is 5.97 Å². The molecule has 0 aliphatic heterocycles. The lowest BCUT2D eigenvalue weighted by Gasteiger charge is -2.10. The number of alkyl halides is 1. The van der Waals surface area contributed by atoms with E-state index in [1.54, 1.807) is 6.92 Å². The van der Waals surface area contributed by atoms with Gasteiger partial charge in [-0.2, -0.15) is 0 Å². The standard InChI is InChI=1S/C6H4.C4H7BrO2/c1-2-6-4-3-5(1)6;1-2-7-4(6)3-5/h1-4H;2-3H2,1H3. The Morgan fingerprint density at radius 2 is 1.77 bits per heavy atom. The molecule has 0 heterocycles. The van der Waals surface area contributed by atoms with E-state index in [2.05, 4.69) is 44.9 Å². The van der Waals surface area contributed by atoms with Crippen LogP contribution >= 0.6 is 15.9 Å². The Bertz CT molecular complexity index is 258. The molecular formula is C10H11BrO2. The first-order chi connectivity index (χ1) is 6.27. The smallest absolute Gasteiger partial charge is 0.316 e. The molecule has 0 amide bonds. The number of carbonyl (C=O) groups is 1. The van der Waals surface area contributed by atoms with Crippen LogP contribution in [0.15, 0.2) is 24.3 Å². The summed E-state index contributed by atoms with van der Waals surface area (Å²) in [5.74, 6) is -0.206. The molecule has 0 atom stereocenters. The van der Waals surface area contributed by atoms with Gasteiger partial charge in [-0.15, -0.1) is 0 Å². The second kappa shape index (κ2) is 5.02. The monoisotopic (exact) mass is 242 g/mol. The quantitative estimate of drug-likeness (QED) is 0.598. The molecule has 2 aliphatic rings. The Labute approximate surface area is 86.0 Å². The lowest BCUT2D eigenvalue weighted by molar-refractivity contribution is -0.139. The molecule has 0 fully saturated rings. The fourth-order valence-corrected chi connectivity index (χ4v) is 1.02. The number of fused-ring (bicyclic) bond motifs is 1. The second-order valence-electron chi connectivity index (χ2n) is 2.52. The SMILES string of the molecule is CCOC(=O)CBr.c1cc2ccc1-2. The molecule has 0 saturated carbocycles. The number of hydrogen-bond donors (Lipinski definition) is 0. The summed E-state index contributed by atoms with van der Waals surface area (Å²) < 4.78 is 4.51. The predicted octanol–water partition coefficient (Wildman–Crippen LogP) is 2.61. The molecule has 0 aromatic rings. The van der Waals surface area contributed by atoms with Crippen molar-refractivity contribution in [2.75, 3.05) is 11.9 Å². The molecule has 0 saturated heterocycles. The van der Waals surface area contributed by atoms with Gasteiger partial charge in [0.05, 0.1) is 6.61 Å². The molecule has 3 heteroatoms. The van der Waals surface area contributed by atoms with Crippen LogP contribution in [-0.2, 0) is 9.53 Å². The molecule has 0 aromatic carbocycles. The van der Waals surface area contributed by atoms with Crippen LogP contribution in [0.25, 0.3) is 11.1 Å². The number of esters is 1. The molecule has 0 radical (unpaired) electrons. The number of rotatable bonds is 2. The van der Waals surface area contributed by atoms with Gasteiger partial charge in [-0.25, -0.2) is 0 Å². The van der Waals surface area contributed by atoms with Crippen molar-refractivity contribution >= 4 is 21.9 Å². The summed E-state index contributed by atoms with van der Waals surface area (Å²) in [5, 5.41) is 0.292. The second-order valence-corrected chi connectivity index (χ2v) is 3.08. The Morgan fingerprint density at radius 1 is 1.31 bits per heavy atom. The summed E-state index contributed by atoms with van der Waals surface area (Å²) in [5.41, 5.74) is 2.85. The summed E-state index contributed by atoms with van der Waals surface area (Å²) in [6.07, 6.45) is 0. The average Bonchev–Trinajstić information content (AvgIpc) is 2.12. The maximum absolute atomic E-state index is 10.1. The number of hydrogen-bond acceptors (Lipinski definition) is 2. The molecule has 2 aliphatic carbocycles. The first-order valence-corrected chi connectivity index (χ1v) is 5.22. The topological polar surface area (TPSA) is 26.3 Å². The van der Waals surface area contributed by atoms with Gasteiger partial charge < -0.3 is 4.74 Å². The van der Waals surface area contributed by atoms with Crippen LogP contribution in [-0.4, -0.2) is 17.9 Å². The first kappa shape index (κ1) is 10.3. The summed E-state index contributed by atoms with van der Waals surface area (Å²) >= 11 is 2.94. The van der Waals surface area contributed by atoms with Crippen molar-refractivity contribution in [1.29, 1.82) is 0 Å². The molecule has 0 spiro atoms. The zero-order valence-electron chi connectivity index (χ0n) is 7.42. The molecule has 0 bridgehead atoms. The largest absolute Gasteiger partial charge is 0.465 e. The Morgan fingerprint density at radius 3 is 1.85 bits per heavy atom. The van der Waals surface area contributed by atoms with Crippen molar-refractivity contribution in [3.63, 3.8) is 0 Å². The van der Waals surface area contributed by atoms with Gasteiger partial charge in [0, 0.05) is 0 Å². The summed E-state index contributed by atoms with van der Waals surface area (Å²) in [7, 11) is 0. The highest BCUT2D eigenvalue weighted by molar-refractivity contribution is 9.09. The summed E-state index contributed by atoms with van der Waals surface area (Å²) in [6, 6.07) is 8.48. The van der Waals surface area contributed by atoms with Crippen LogP contribution < -0.4 is 0 Å². The Kier molecular flexibility index (Phi) is 3.96. The molecule has 2 rings (SSSR count). The highest BCUT2D eigenvalue weighted by atomic mass is 79.9. The van der Waals surface area contributed by atoms with Crippen LogP contribution in [0.5, 0.6) is 0 Å². The normalized spacial score (nSPS) is 9.69. The van der Waals surface area contributed by atoms with Gasteiger partial charge in [0.25, 0.3) is 0 Å². The van der Waals surface area contributed by atoms with E-state index >= 15 is 0 Å². The summed E-state index contributed by atoms with van der Waals surface area (Å²) in [6.45, 7) is 2.24. The van der Waals surface area contributed by atoms with Gasteiger partial charge >= 0.3 is 5.97 Å². The van der Waals surface area contributed by atoms with E-state index in [1.807, 2.05) is 0 Å². The van der Waals surface area contributed by atoms with Crippen LogP contribution in [0.3, 0.4) is 0 Å². The minimum atomic E-state index is -0.206. The Balaban J connectivity index is 0.000000130. The number of ether oxygens (including phenoxy) is 1. The van der Waals surface area contributed by atoms with Crippen LogP contribution in [0.1, 0.15) is 6.92 Å². The molecule has 0 aromatic heterocycles. The van der Waals surface area contributed by atoms with Crippen molar-refractivity contribution < 1.29 is 9.53 Å². The molecule has 70 valence electrons. The lowest BCUT2D eigenvalue weighted by Crippen LogP contribution is -2.03. The molecule has 13 heavy (non-hydrogen) atoms. The van der Waals surface area contributed by atoms with Crippen LogP contribution in [0.4, 0.5) is 0 Å². The Hall–Kier alpha value is -0.830. The first-order valence-electron chi connectivity index (χ1n) is 4.10. The average molecular weight is 243 g/mol. The fraction of sp³-hybridized carbons (Fsp3) is 0.300. The van der Waals surface area contributed by atoms with E-state index in [4.69, 9.17) is 0 Å². The zero-order valence-corrected chi connectivity index (χ0v) is 9.00. The van der Waals surface area contributed by atoms with E-state index < -0.39 is 0 Å². The number of carbonyl (C=O) groups excluding carboxylic acids is 1. The molecule has 0 N–H and O–H groups in total. The van der Waals surface area contributed by atoms with Crippen LogP contribution in [0, 0.1) is 0 Å². The number of benzene rings is 1. The predicted molar refractivity (Wildman–Crippen MR) is 55.9 cm³/mol. The fourth-order valence-electron chi connectivity index (χ4n) is 0.862. The van der Waals surface area contributed by atoms with Crippen molar-refractivity contribution in [1.82, 2.24) is 0 Å². The van der Waals surface area contributed by atoms with E-state index in [0.717, 1.165) is 0 Å². The third kappa shape index (κ3) is 2.84. The van der Waals surface area contributed by atoms with E-state index in [1.165, 1.54) is 11.1 Å². The van der Waals surface area contributed by atoms with E-state index in [9.17, 15) is 4.79 Å². The molecule has 2 nitrogen and oxygen atoms in total. The molecule has 0 unspecified atom stereocenters. The van der Waals surface area contributed by atoms with Gasteiger partial charge in [0.1, 0.15) is 5.33 Å². The van der Waals surface area contributed by atoms with Crippen LogP contribution in [0.2, 0.25) is 0 Å². The van der Waals surface area contributed by atoms with Gasteiger partial charge in [0.2, 0.25) is 0 Å². The zero-order chi connectivity index (χ0) is 9.68. The van der Waals surface area contributed by atoms with Crippen molar-refractivity contribution in [2.24, 2.45) is 0 Å². The van der Waals surface area contributed by atoms with E-state index in [0.29, 0.717) is 11.9 Å². The third-order valence-electron chi connectivity index (χ3n) is 1.63. The maximum atomic E-state index is 10.1. The summed E-state index contributed by atoms with van der Waals surface area (Å²) in [4.78, 5) is 10.1. The van der Waals surface area contributed by atoms with Gasteiger partial charge in [-0.05, 0) is 18.1 Å². The highest BCUT2D eigenvalue weighted by Crippen LogP contribution is 2.29. The lowest BCUT2D eigenvalue weighted by atomic mass is 9.95. The number of halogens is 1. The third-order valence-corrected chi connectivity index (χ3v) is 2.09. The van der Waals surface area contributed by atoms with Crippen molar-refractivity contribution in [2.45, 2.75) is 6.92 Å². The van der Waals surface area contributed by atoms with Crippen molar-refractivity contribution in [3.8, 4) is 11.1 Å². The van der Waals surface area contributed by atoms with Gasteiger partial charge in [-0.3, -0.25) is 4.79 Å². The minimum Gasteiger partial charge on any atom is -0.465 e.